The van der Waals surface area contributed by atoms with Gasteiger partial charge in [-0.3, -0.25) is 9.59 Å². The molecule has 1 atom stereocenters. The lowest BCUT2D eigenvalue weighted by molar-refractivity contribution is -0.130. The Morgan fingerprint density at radius 2 is 1.59 bits per heavy atom. The lowest BCUT2D eigenvalue weighted by Gasteiger charge is -2.34. The van der Waals surface area contributed by atoms with Crippen molar-refractivity contribution >= 4 is 32.0 Å². The highest BCUT2D eigenvalue weighted by atomic mass is 31.0. The maximum Gasteiger partial charge on any atom is 0.316 e. The number of halogens is 2. The third-order valence-corrected chi connectivity index (χ3v) is 6.96. The van der Waals surface area contributed by atoms with E-state index < -0.39 is 5.66 Å². The van der Waals surface area contributed by atoms with E-state index in [1.165, 1.54) is 41.7 Å². The molecule has 1 unspecified atom stereocenters. The Morgan fingerprint density at radius 1 is 0.897 bits per heavy atom. The molecule has 1 aliphatic heterocycles. The number of piperazine rings is 1. The highest BCUT2D eigenvalue weighted by Crippen LogP contribution is 2.39. The third kappa shape index (κ3) is 5.54. The Labute approximate surface area is 225 Å². The first-order valence-corrected chi connectivity index (χ1v) is 12.7. The molecule has 4 aromatic rings. The average Bonchev–Trinajstić information content (AvgIpc) is 2.95. The van der Waals surface area contributed by atoms with Crippen LogP contribution in [0.4, 0.5) is 8.78 Å². The van der Waals surface area contributed by atoms with Gasteiger partial charge in [0, 0.05) is 73.1 Å². The minimum Gasteiger partial charge on any atom is -0.467 e. The maximum absolute atomic E-state index is 14.6. The van der Waals surface area contributed by atoms with Crippen LogP contribution in [-0.2, 0) is 10.5 Å². The molecule has 0 aliphatic carbocycles. The standard InChI is InChI=1S/C27H25F2N6O3P/c1-16(36)34-5-7-35(8-6-34)25(37)19-9-18(10-21(11-19)27(28,29)39)24-22-12-17(3-4-23(22)32-15-33-24)20-13-30-26(38-2)31-14-20/h3-4,9-15H,5-8,39H2,1-2H3. The van der Waals surface area contributed by atoms with Crippen LogP contribution in [0.1, 0.15) is 22.8 Å². The number of ether oxygens (including phenoxy) is 1. The molecule has 3 heterocycles. The van der Waals surface area contributed by atoms with Crippen molar-refractivity contribution in [1.82, 2.24) is 29.7 Å². The van der Waals surface area contributed by atoms with E-state index in [9.17, 15) is 18.4 Å². The molecule has 1 fully saturated rings. The van der Waals surface area contributed by atoms with Crippen LogP contribution in [0, 0.1) is 0 Å². The number of nitrogens with zero attached hydrogens (tertiary/aromatic N) is 6. The predicted octanol–water partition coefficient (Wildman–Crippen LogP) is 3.99. The van der Waals surface area contributed by atoms with Gasteiger partial charge in [-0.15, -0.1) is 0 Å². The molecule has 5 rings (SSSR count). The van der Waals surface area contributed by atoms with E-state index in [1.54, 1.807) is 34.3 Å². The molecule has 1 aliphatic rings. The first kappa shape index (κ1) is 26.5. The molecule has 39 heavy (non-hydrogen) atoms. The second-order valence-corrected chi connectivity index (χ2v) is 9.86. The smallest absolute Gasteiger partial charge is 0.316 e. The van der Waals surface area contributed by atoms with E-state index in [0.717, 1.165) is 11.1 Å². The van der Waals surface area contributed by atoms with Crippen molar-refractivity contribution in [2.24, 2.45) is 0 Å². The zero-order valence-corrected chi connectivity index (χ0v) is 22.4. The fourth-order valence-electron chi connectivity index (χ4n) is 4.52. The fraction of sp³-hybridized carbons (Fsp3) is 0.259. The number of fused-ring (bicyclic) bond motifs is 1. The van der Waals surface area contributed by atoms with Gasteiger partial charge in [0.2, 0.25) is 5.91 Å². The van der Waals surface area contributed by atoms with Gasteiger partial charge in [-0.1, -0.05) is 15.3 Å². The molecular formula is C27H25F2N6O3P. The summed E-state index contributed by atoms with van der Waals surface area (Å²) in [5, 5.41) is 0.614. The SMILES string of the molecule is COc1ncc(-c2ccc3ncnc(-c4cc(C(=O)N5CCN(C(C)=O)CC5)cc(C(F)(F)P)c4)c3c2)cn1. The summed E-state index contributed by atoms with van der Waals surface area (Å²) in [4.78, 5) is 45.3. The van der Waals surface area contributed by atoms with Gasteiger partial charge in [-0.25, -0.2) is 19.9 Å². The Bertz CT molecular complexity index is 1550. The Morgan fingerprint density at radius 3 is 2.23 bits per heavy atom. The van der Waals surface area contributed by atoms with Gasteiger partial charge in [0.1, 0.15) is 6.33 Å². The second kappa shape index (κ2) is 10.6. The summed E-state index contributed by atoms with van der Waals surface area (Å²) in [5.41, 5.74) is -0.623. The van der Waals surface area contributed by atoms with E-state index in [-0.39, 0.29) is 29.0 Å². The van der Waals surface area contributed by atoms with Gasteiger partial charge >= 0.3 is 6.01 Å². The van der Waals surface area contributed by atoms with E-state index in [1.807, 2.05) is 12.1 Å². The third-order valence-electron chi connectivity index (χ3n) is 6.63. The largest absolute Gasteiger partial charge is 0.467 e. The minimum absolute atomic E-state index is 0.0646. The zero-order chi connectivity index (χ0) is 27.7. The van der Waals surface area contributed by atoms with Crippen LogP contribution in [0.15, 0.2) is 55.1 Å². The number of methoxy groups -OCH3 is 1. The predicted molar refractivity (Wildman–Crippen MR) is 144 cm³/mol. The number of hydrogen-bond donors (Lipinski definition) is 0. The molecular weight excluding hydrogens is 525 g/mol. The normalized spacial score (nSPS) is 14.0. The molecule has 0 saturated carbocycles. The van der Waals surface area contributed by atoms with Gasteiger partial charge in [0.25, 0.3) is 11.6 Å². The Kier molecular flexibility index (Phi) is 7.18. The van der Waals surface area contributed by atoms with Crippen molar-refractivity contribution in [3.8, 4) is 28.4 Å². The van der Waals surface area contributed by atoms with Gasteiger partial charge in [0.15, 0.2) is 0 Å². The number of hydrogen-bond acceptors (Lipinski definition) is 7. The number of aromatic nitrogens is 4. The molecule has 2 amide bonds. The average molecular weight is 551 g/mol. The van der Waals surface area contributed by atoms with Crippen LogP contribution < -0.4 is 4.74 Å². The number of amides is 2. The van der Waals surface area contributed by atoms with Crippen LogP contribution in [0.25, 0.3) is 33.3 Å². The highest BCUT2D eigenvalue weighted by Gasteiger charge is 2.29. The topological polar surface area (TPSA) is 101 Å². The first-order chi connectivity index (χ1) is 18.6. The maximum atomic E-state index is 14.6. The molecule has 200 valence electrons. The van der Waals surface area contributed by atoms with Gasteiger partial charge in [-0.2, -0.15) is 8.78 Å². The van der Waals surface area contributed by atoms with Crippen LogP contribution in [0.5, 0.6) is 6.01 Å². The minimum atomic E-state index is -3.27. The summed E-state index contributed by atoms with van der Waals surface area (Å²) in [6, 6.07) is 9.84. The van der Waals surface area contributed by atoms with Crippen LogP contribution in [0.2, 0.25) is 0 Å². The molecule has 0 radical (unpaired) electrons. The summed E-state index contributed by atoms with van der Waals surface area (Å²) < 4.78 is 34.2. The van der Waals surface area contributed by atoms with Crippen molar-refractivity contribution < 1.29 is 23.1 Å². The summed E-state index contributed by atoms with van der Waals surface area (Å²) in [5.74, 6) is -0.449. The summed E-state index contributed by atoms with van der Waals surface area (Å²) in [6.07, 6.45) is 4.60. The number of rotatable bonds is 5. The Hall–Kier alpha value is -4.11. The molecule has 12 heteroatoms. The first-order valence-electron chi connectivity index (χ1n) is 12.1. The number of carbonyl (C=O) groups excluding carboxylic acids is 2. The molecule has 2 aromatic carbocycles. The van der Waals surface area contributed by atoms with Gasteiger partial charge in [-0.05, 0) is 35.9 Å². The second-order valence-electron chi connectivity index (χ2n) is 9.13. The van der Waals surface area contributed by atoms with Crippen LogP contribution in [0.3, 0.4) is 0 Å². The number of benzene rings is 2. The lowest BCUT2D eigenvalue weighted by atomic mass is 9.98. The summed E-state index contributed by atoms with van der Waals surface area (Å²) in [6.45, 7) is 2.90. The van der Waals surface area contributed by atoms with Crippen molar-refractivity contribution in [3.05, 3.63) is 66.2 Å². The van der Waals surface area contributed by atoms with Gasteiger partial charge in [0.05, 0.1) is 18.3 Å². The molecule has 1 saturated heterocycles. The summed E-state index contributed by atoms with van der Waals surface area (Å²) >= 11 is 0. The summed E-state index contributed by atoms with van der Waals surface area (Å²) in [7, 11) is 3.01. The van der Waals surface area contributed by atoms with E-state index in [2.05, 4.69) is 19.9 Å². The van der Waals surface area contributed by atoms with Crippen molar-refractivity contribution in [2.45, 2.75) is 12.6 Å². The monoisotopic (exact) mass is 550 g/mol. The molecule has 9 nitrogen and oxygen atoms in total. The van der Waals surface area contributed by atoms with Gasteiger partial charge < -0.3 is 14.5 Å². The number of carbonyl (C=O) groups is 2. The Balaban J connectivity index is 1.57. The van der Waals surface area contributed by atoms with Crippen LogP contribution >= 0.6 is 9.24 Å². The van der Waals surface area contributed by atoms with Crippen LogP contribution in [-0.4, -0.2) is 74.8 Å². The van der Waals surface area contributed by atoms with Crippen molar-refractivity contribution in [3.63, 3.8) is 0 Å². The molecule has 0 spiro atoms. The quantitative estimate of drug-likeness (QED) is 0.347. The van der Waals surface area contributed by atoms with Crippen molar-refractivity contribution in [1.29, 1.82) is 0 Å². The molecule has 0 bridgehead atoms. The molecule has 0 N–H and O–H groups in total. The highest BCUT2D eigenvalue weighted by molar-refractivity contribution is 7.17. The van der Waals surface area contributed by atoms with E-state index >= 15 is 0 Å². The molecule has 2 aromatic heterocycles. The number of alkyl halides is 2. The lowest BCUT2D eigenvalue weighted by Crippen LogP contribution is -2.50. The van der Waals surface area contributed by atoms with E-state index in [0.29, 0.717) is 48.3 Å². The fourth-order valence-corrected chi connectivity index (χ4v) is 4.69. The van der Waals surface area contributed by atoms with Crippen molar-refractivity contribution in [2.75, 3.05) is 33.3 Å². The zero-order valence-electron chi connectivity index (χ0n) is 21.3. The van der Waals surface area contributed by atoms with E-state index in [4.69, 9.17) is 4.74 Å².